The molecule has 0 heterocycles. The van der Waals surface area contributed by atoms with Gasteiger partial charge in [-0.1, -0.05) is 0 Å². The SMILES string of the molecule is C[C@@H](NC(=O)CCNC(=O)OC(C)(C)C)C(=O)CN. The second-order valence-electron chi connectivity index (χ2n) is 5.14. The summed E-state index contributed by atoms with van der Waals surface area (Å²) in [7, 11) is 0. The Morgan fingerprint density at radius 3 is 2.32 bits per heavy atom. The molecule has 0 aliphatic heterocycles. The summed E-state index contributed by atoms with van der Waals surface area (Å²) in [6.07, 6.45) is -0.507. The van der Waals surface area contributed by atoms with E-state index in [0.29, 0.717) is 0 Å². The Kier molecular flexibility index (Phi) is 7.06. The summed E-state index contributed by atoms with van der Waals surface area (Å²) in [5.41, 5.74) is 4.60. The monoisotopic (exact) mass is 273 g/mol. The molecule has 0 saturated heterocycles. The average Bonchev–Trinajstić information content (AvgIpc) is 2.25. The van der Waals surface area contributed by atoms with E-state index in [1.54, 1.807) is 27.7 Å². The molecule has 0 aliphatic carbocycles. The lowest BCUT2D eigenvalue weighted by Gasteiger charge is -2.19. The average molecular weight is 273 g/mol. The normalized spacial score (nSPS) is 12.5. The first-order chi connectivity index (χ1) is 8.65. The van der Waals surface area contributed by atoms with Crippen molar-refractivity contribution >= 4 is 17.8 Å². The van der Waals surface area contributed by atoms with Gasteiger partial charge in [0.2, 0.25) is 5.91 Å². The quantitative estimate of drug-likeness (QED) is 0.627. The molecule has 0 bridgehead atoms. The van der Waals surface area contributed by atoms with Gasteiger partial charge in [-0.15, -0.1) is 0 Å². The molecule has 0 aliphatic rings. The number of alkyl carbamates (subject to hydrolysis) is 1. The Balaban J connectivity index is 3.87. The van der Waals surface area contributed by atoms with Crippen molar-refractivity contribution in [1.29, 1.82) is 0 Å². The van der Waals surface area contributed by atoms with Crippen LogP contribution in [0.25, 0.3) is 0 Å². The Hall–Kier alpha value is -1.63. The fourth-order valence-electron chi connectivity index (χ4n) is 1.16. The number of nitrogens with one attached hydrogen (secondary N) is 2. The maximum Gasteiger partial charge on any atom is 0.407 e. The van der Waals surface area contributed by atoms with Crippen LogP contribution in [0, 0.1) is 0 Å². The standard InChI is InChI=1S/C12H23N3O4/c1-8(9(16)7-13)15-10(17)5-6-14-11(18)19-12(2,3)4/h8H,5-7,13H2,1-4H3,(H,14,18)(H,15,17)/t8-/m1/s1. The number of ether oxygens (including phenoxy) is 1. The van der Waals surface area contributed by atoms with E-state index >= 15 is 0 Å². The van der Waals surface area contributed by atoms with Crippen molar-refractivity contribution in [2.45, 2.75) is 45.8 Å². The topological polar surface area (TPSA) is 111 Å². The molecule has 4 N–H and O–H groups in total. The molecule has 0 aromatic heterocycles. The molecule has 7 nitrogen and oxygen atoms in total. The molecule has 0 radical (unpaired) electrons. The van der Waals surface area contributed by atoms with Gasteiger partial charge < -0.3 is 21.1 Å². The van der Waals surface area contributed by atoms with Crippen molar-refractivity contribution in [3.05, 3.63) is 0 Å². The van der Waals surface area contributed by atoms with Crippen LogP contribution in [0.2, 0.25) is 0 Å². The van der Waals surface area contributed by atoms with Gasteiger partial charge in [-0.3, -0.25) is 9.59 Å². The van der Waals surface area contributed by atoms with Crippen LogP contribution < -0.4 is 16.4 Å². The summed E-state index contributed by atoms with van der Waals surface area (Å²) in [5, 5.41) is 4.95. The van der Waals surface area contributed by atoms with Gasteiger partial charge >= 0.3 is 6.09 Å². The molecule has 0 spiro atoms. The van der Waals surface area contributed by atoms with E-state index in [-0.39, 0.29) is 31.2 Å². The molecule has 0 aromatic rings. The maximum absolute atomic E-state index is 11.4. The van der Waals surface area contributed by atoms with Crippen LogP contribution in [0.4, 0.5) is 4.79 Å². The zero-order chi connectivity index (χ0) is 15.1. The number of carbonyl (C=O) groups is 3. The first kappa shape index (κ1) is 17.4. The van der Waals surface area contributed by atoms with Crippen LogP contribution in [0.1, 0.15) is 34.1 Å². The highest BCUT2D eigenvalue weighted by Crippen LogP contribution is 2.06. The lowest BCUT2D eigenvalue weighted by atomic mass is 10.2. The Morgan fingerprint density at radius 2 is 1.84 bits per heavy atom. The van der Waals surface area contributed by atoms with Gasteiger partial charge in [-0.05, 0) is 27.7 Å². The summed E-state index contributed by atoms with van der Waals surface area (Å²) in [6.45, 7) is 6.84. The van der Waals surface area contributed by atoms with Crippen molar-refractivity contribution in [3.63, 3.8) is 0 Å². The number of carbonyl (C=O) groups excluding carboxylic acids is 3. The second-order valence-corrected chi connectivity index (χ2v) is 5.14. The van der Waals surface area contributed by atoms with Gasteiger partial charge in [0.25, 0.3) is 0 Å². The smallest absolute Gasteiger partial charge is 0.407 e. The van der Waals surface area contributed by atoms with E-state index in [1.807, 2.05) is 0 Å². The fourth-order valence-corrected chi connectivity index (χ4v) is 1.16. The van der Waals surface area contributed by atoms with Crippen LogP contribution in [0.3, 0.4) is 0 Å². The summed E-state index contributed by atoms with van der Waals surface area (Å²) < 4.78 is 5.00. The highest BCUT2D eigenvalue weighted by Gasteiger charge is 2.17. The van der Waals surface area contributed by atoms with E-state index in [2.05, 4.69) is 10.6 Å². The van der Waals surface area contributed by atoms with Crippen LogP contribution in [0.15, 0.2) is 0 Å². The molecule has 2 amide bonds. The zero-order valence-electron chi connectivity index (χ0n) is 11.9. The van der Waals surface area contributed by atoms with Gasteiger partial charge in [-0.25, -0.2) is 4.79 Å². The van der Waals surface area contributed by atoms with Crippen LogP contribution in [0.5, 0.6) is 0 Å². The molecule has 0 saturated carbocycles. The molecule has 0 fully saturated rings. The lowest BCUT2D eigenvalue weighted by Crippen LogP contribution is -2.42. The highest BCUT2D eigenvalue weighted by molar-refractivity contribution is 5.89. The third-order valence-corrected chi connectivity index (χ3v) is 2.08. The van der Waals surface area contributed by atoms with Crippen molar-refractivity contribution in [2.24, 2.45) is 5.73 Å². The number of nitrogens with two attached hydrogens (primary N) is 1. The molecule has 0 unspecified atom stereocenters. The molecule has 0 aromatic carbocycles. The molecule has 7 heteroatoms. The van der Waals surface area contributed by atoms with E-state index in [9.17, 15) is 14.4 Å². The van der Waals surface area contributed by atoms with Gasteiger partial charge in [0.05, 0.1) is 12.6 Å². The van der Waals surface area contributed by atoms with E-state index in [4.69, 9.17) is 10.5 Å². The molecule has 19 heavy (non-hydrogen) atoms. The molecule has 1 atom stereocenters. The van der Waals surface area contributed by atoms with Gasteiger partial charge in [-0.2, -0.15) is 0 Å². The Bertz CT molecular complexity index is 336. The van der Waals surface area contributed by atoms with Crippen LogP contribution in [-0.2, 0) is 14.3 Å². The Labute approximate surface area is 113 Å². The van der Waals surface area contributed by atoms with E-state index in [0.717, 1.165) is 0 Å². The summed E-state index contributed by atoms with van der Waals surface area (Å²) in [6, 6.07) is -0.612. The fraction of sp³-hybridized carbons (Fsp3) is 0.750. The third kappa shape index (κ3) is 9.01. The van der Waals surface area contributed by atoms with Gasteiger partial charge in [0.15, 0.2) is 5.78 Å². The highest BCUT2D eigenvalue weighted by atomic mass is 16.6. The number of hydrogen-bond donors (Lipinski definition) is 3. The minimum atomic E-state index is -0.612. The van der Waals surface area contributed by atoms with Crippen molar-refractivity contribution in [3.8, 4) is 0 Å². The number of Topliss-reactive ketones (excluding diaryl/α,β-unsaturated/α-hetero) is 1. The first-order valence-corrected chi connectivity index (χ1v) is 6.14. The van der Waals surface area contributed by atoms with Crippen LogP contribution in [-0.4, -0.2) is 42.5 Å². The zero-order valence-corrected chi connectivity index (χ0v) is 11.9. The lowest BCUT2D eigenvalue weighted by molar-refractivity contribution is -0.126. The number of ketones is 1. The minimum absolute atomic E-state index is 0.0709. The molecular formula is C12H23N3O4. The predicted octanol–water partition coefficient (Wildman–Crippen LogP) is -0.0663. The second kappa shape index (κ2) is 7.73. The number of amides is 2. The largest absolute Gasteiger partial charge is 0.444 e. The molecule has 0 rings (SSSR count). The first-order valence-electron chi connectivity index (χ1n) is 6.14. The van der Waals surface area contributed by atoms with Crippen LogP contribution >= 0.6 is 0 Å². The third-order valence-electron chi connectivity index (χ3n) is 2.08. The summed E-state index contributed by atoms with van der Waals surface area (Å²) in [5.74, 6) is -0.571. The van der Waals surface area contributed by atoms with Crippen molar-refractivity contribution in [1.82, 2.24) is 10.6 Å². The van der Waals surface area contributed by atoms with Gasteiger partial charge in [0.1, 0.15) is 5.60 Å². The van der Waals surface area contributed by atoms with E-state index < -0.39 is 17.7 Å². The Morgan fingerprint density at radius 1 is 1.26 bits per heavy atom. The molecular weight excluding hydrogens is 250 g/mol. The number of rotatable bonds is 6. The van der Waals surface area contributed by atoms with Crippen molar-refractivity contribution < 1.29 is 19.1 Å². The summed E-state index contributed by atoms with van der Waals surface area (Å²) in [4.78, 5) is 33.9. The minimum Gasteiger partial charge on any atom is -0.444 e. The predicted molar refractivity (Wildman–Crippen MR) is 70.5 cm³/mol. The van der Waals surface area contributed by atoms with Gasteiger partial charge in [0, 0.05) is 13.0 Å². The molecule has 110 valence electrons. The van der Waals surface area contributed by atoms with E-state index in [1.165, 1.54) is 0 Å². The van der Waals surface area contributed by atoms with Crippen molar-refractivity contribution in [2.75, 3.05) is 13.1 Å². The summed E-state index contributed by atoms with van der Waals surface area (Å²) >= 11 is 0. The maximum atomic E-state index is 11.4. The number of hydrogen-bond acceptors (Lipinski definition) is 5.